The van der Waals surface area contributed by atoms with Crippen molar-refractivity contribution < 1.29 is 19.4 Å². The number of carbonyl (C=O) groups excluding carboxylic acids is 2. The number of nitrogens with zero attached hydrogens (tertiary/aromatic N) is 1. The lowest BCUT2D eigenvalue weighted by Gasteiger charge is -2.19. The lowest BCUT2D eigenvalue weighted by atomic mass is 10.2. The standard InChI is InChI=1S/C11H14N2O3.CH5N.CH4O/c1-11(2,3)16-10(15)13-9-6-4-5-8(7-14)12-9;2*1-2/h4-7H,1-3H3,(H,12,13,15);2H2,1H3;2H,1H3. The van der Waals surface area contributed by atoms with Crippen LogP contribution in [0, 0.1) is 0 Å². The number of aldehydes is 1. The van der Waals surface area contributed by atoms with Crippen molar-refractivity contribution in [2.45, 2.75) is 26.4 Å². The molecule has 1 amide bonds. The molecule has 0 saturated carbocycles. The normalized spacial score (nSPS) is 9.15. The zero-order valence-electron chi connectivity index (χ0n) is 12.5. The highest BCUT2D eigenvalue weighted by Gasteiger charge is 2.16. The summed E-state index contributed by atoms with van der Waals surface area (Å²) in [6, 6.07) is 4.76. The van der Waals surface area contributed by atoms with Crippen LogP contribution < -0.4 is 11.1 Å². The zero-order chi connectivity index (χ0) is 16.2. The first-order chi connectivity index (χ1) is 9.40. The van der Waals surface area contributed by atoms with Crippen molar-refractivity contribution in [3.8, 4) is 0 Å². The van der Waals surface area contributed by atoms with Gasteiger partial charge in [-0.3, -0.25) is 10.1 Å². The number of ether oxygens (including phenoxy) is 1. The van der Waals surface area contributed by atoms with Crippen LogP contribution in [0.2, 0.25) is 0 Å². The summed E-state index contributed by atoms with van der Waals surface area (Å²) < 4.78 is 5.04. The highest BCUT2D eigenvalue weighted by atomic mass is 16.6. The Hall–Kier alpha value is -1.99. The van der Waals surface area contributed by atoms with Crippen LogP contribution in [0.1, 0.15) is 31.3 Å². The van der Waals surface area contributed by atoms with E-state index in [1.807, 2.05) is 0 Å². The number of hydrogen-bond donors (Lipinski definition) is 3. The van der Waals surface area contributed by atoms with Gasteiger partial charge in [-0.15, -0.1) is 0 Å². The molecule has 1 heterocycles. The fraction of sp³-hybridized carbons (Fsp3) is 0.462. The molecule has 0 spiro atoms. The minimum Gasteiger partial charge on any atom is -0.444 e. The lowest BCUT2D eigenvalue weighted by Crippen LogP contribution is -2.27. The number of amides is 1. The number of pyridine rings is 1. The second-order valence-electron chi connectivity index (χ2n) is 4.19. The van der Waals surface area contributed by atoms with E-state index in [0.29, 0.717) is 12.1 Å². The van der Waals surface area contributed by atoms with E-state index in [-0.39, 0.29) is 5.69 Å². The maximum absolute atomic E-state index is 11.4. The van der Waals surface area contributed by atoms with Gasteiger partial charge in [-0.05, 0) is 40.0 Å². The molecule has 7 nitrogen and oxygen atoms in total. The Morgan fingerprint density at radius 2 is 1.90 bits per heavy atom. The number of aromatic nitrogens is 1. The second kappa shape index (κ2) is 10.9. The molecule has 1 aromatic heterocycles. The van der Waals surface area contributed by atoms with Gasteiger partial charge in [-0.2, -0.15) is 0 Å². The van der Waals surface area contributed by atoms with Gasteiger partial charge < -0.3 is 15.6 Å². The third kappa shape index (κ3) is 9.98. The predicted octanol–water partition coefficient (Wildman–Crippen LogP) is 1.42. The van der Waals surface area contributed by atoms with Crippen LogP contribution in [0.5, 0.6) is 0 Å². The van der Waals surface area contributed by atoms with Crippen molar-refractivity contribution in [2.75, 3.05) is 19.5 Å². The van der Waals surface area contributed by atoms with Gasteiger partial charge in [0.15, 0.2) is 6.29 Å². The number of carbonyl (C=O) groups is 2. The summed E-state index contributed by atoms with van der Waals surface area (Å²) in [6.45, 7) is 5.30. The monoisotopic (exact) mass is 285 g/mol. The SMILES string of the molecule is CC(C)(C)OC(=O)Nc1cccc(C=O)n1.CN.CO. The molecule has 1 rings (SSSR count). The molecular weight excluding hydrogens is 262 g/mol. The van der Waals surface area contributed by atoms with E-state index in [4.69, 9.17) is 9.84 Å². The van der Waals surface area contributed by atoms with E-state index in [2.05, 4.69) is 16.0 Å². The molecule has 0 aliphatic carbocycles. The van der Waals surface area contributed by atoms with E-state index in [1.54, 1.807) is 39.0 Å². The smallest absolute Gasteiger partial charge is 0.413 e. The number of rotatable bonds is 2. The van der Waals surface area contributed by atoms with Crippen molar-refractivity contribution >= 4 is 18.2 Å². The van der Waals surface area contributed by atoms with Crippen LogP contribution >= 0.6 is 0 Å². The molecule has 1 aromatic rings. The Kier molecular flexibility index (Phi) is 11.1. The van der Waals surface area contributed by atoms with Gasteiger partial charge >= 0.3 is 6.09 Å². The van der Waals surface area contributed by atoms with Gasteiger partial charge in [0.2, 0.25) is 0 Å². The van der Waals surface area contributed by atoms with E-state index >= 15 is 0 Å². The van der Waals surface area contributed by atoms with Gasteiger partial charge in [0.05, 0.1) is 0 Å². The Balaban J connectivity index is 0. The van der Waals surface area contributed by atoms with Crippen LogP contribution in [-0.4, -0.2) is 42.2 Å². The average molecular weight is 285 g/mol. The van der Waals surface area contributed by atoms with E-state index in [1.165, 1.54) is 7.05 Å². The van der Waals surface area contributed by atoms with Gasteiger partial charge in [0, 0.05) is 7.11 Å². The third-order valence-corrected chi connectivity index (χ3v) is 1.52. The number of hydrogen-bond acceptors (Lipinski definition) is 6. The number of aliphatic hydroxyl groups excluding tert-OH is 1. The van der Waals surface area contributed by atoms with Crippen LogP contribution in [0.4, 0.5) is 10.6 Å². The Labute approximate surface area is 119 Å². The molecule has 0 radical (unpaired) electrons. The lowest BCUT2D eigenvalue weighted by molar-refractivity contribution is 0.0635. The Morgan fingerprint density at radius 3 is 2.35 bits per heavy atom. The number of nitrogens with one attached hydrogen (secondary N) is 1. The first-order valence-corrected chi connectivity index (χ1v) is 5.85. The van der Waals surface area contributed by atoms with Crippen LogP contribution in [0.3, 0.4) is 0 Å². The molecular formula is C13H23N3O4. The molecule has 0 atom stereocenters. The van der Waals surface area contributed by atoms with E-state index in [9.17, 15) is 9.59 Å². The van der Waals surface area contributed by atoms with Crippen molar-refractivity contribution in [2.24, 2.45) is 5.73 Å². The molecule has 20 heavy (non-hydrogen) atoms. The summed E-state index contributed by atoms with van der Waals surface area (Å²) in [6.07, 6.45) is 0.0170. The highest BCUT2D eigenvalue weighted by Crippen LogP contribution is 2.10. The van der Waals surface area contributed by atoms with Crippen molar-refractivity contribution in [1.82, 2.24) is 4.98 Å². The molecule has 0 bridgehead atoms. The van der Waals surface area contributed by atoms with Crippen molar-refractivity contribution in [3.63, 3.8) is 0 Å². The van der Waals surface area contributed by atoms with Crippen LogP contribution in [-0.2, 0) is 4.74 Å². The van der Waals surface area contributed by atoms with Gasteiger partial charge in [0.1, 0.15) is 17.1 Å². The average Bonchev–Trinajstić information content (AvgIpc) is 2.41. The fourth-order valence-corrected chi connectivity index (χ4v) is 0.995. The topological polar surface area (TPSA) is 115 Å². The predicted molar refractivity (Wildman–Crippen MR) is 77.7 cm³/mol. The zero-order valence-corrected chi connectivity index (χ0v) is 12.5. The summed E-state index contributed by atoms with van der Waals surface area (Å²) in [5, 5.41) is 9.44. The van der Waals surface area contributed by atoms with E-state index in [0.717, 1.165) is 7.11 Å². The quantitative estimate of drug-likeness (QED) is 0.708. The van der Waals surface area contributed by atoms with E-state index < -0.39 is 11.7 Å². The summed E-state index contributed by atoms with van der Waals surface area (Å²) in [7, 11) is 2.50. The largest absolute Gasteiger partial charge is 0.444 e. The summed E-state index contributed by atoms with van der Waals surface area (Å²) in [5.74, 6) is 0.291. The molecule has 0 fully saturated rings. The van der Waals surface area contributed by atoms with Crippen molar-refractivity contribution in [3.05, 3.63) is 23.9 Å². The van der Waals surface area contributed by atoms with Crippen molar-refractivity contribution in [1.29, 1.82) is 0 Å². The van der Waals surface area contributed by atoms with Crippen LogP contribution in [0.25, 0.3) is 0 Å². The molecule has 4 N–H and O–H groups in total. The Morgan fingerprint density at radius 1 is 1.35 bits per heavy atom. The maximum atomic E-state index is 11.4. The summed E-state index contributed by atoms with van der Waals surface area (Å²) >= 11 is 0. The molecule has 0 aliphatic rings. The number of anilines is 1. The summed E-state index contributed by atoms with van der Waals surface area (Å²) in [5.41, 5.74) is 4.19. The summed E-state index contributed by atoms with van der Waals surface area (Å²) in [4.78, 5) is 25.7. The number of aliphatic hydroxyl groups is 1. The molecule has 0 saturated heterocycles. The third-order valence-electron chi connectivity index (χ3n) is 1.52. The molecule has 0 aliphatic heterocycles. The molecule has 0 aromatic carbocycles. The first kappa shape index (κ1) is 20.3. The second-order valence-corrected chi connectivity index (χ2v) is 4.19. The highest BCUT2D eigenvalue weighted by molar-refractivity contribution is 5.84. The fourth-order valence-electron chi connectivity index (χ4n) is 0.995. The van der Waals surface area contributed by atoms with Gasteiger partial charge in [-0.25, -0.2) is 9.78 Å². The molecule has 0 unspecified atom stereocenters. The van der Waals surface area contributed by atoms with Crippen LogP contribution in [0.15, 0.2) is 18.2 Å². The minimum atomic E-state index is -0.594. The Bertz CT molecular complexity index is 403. The van der Waals surface area contributed by atoms with Gasteiger partial charge in [0.25, 0.3) is 0 Å². The maximum Gasteiger partial charge on any atom is 0.413 e. The minimum absolute atomic E-state index is 0.258. The number of nitrogens with two attached hydrogens (primary N) is 1. The van der Waals surface area contributed by atoms with Gasteiger partial charge in [-0.1, -0.05) is 6.07 Å². The molecule has 114 valence electrons. The molecule has 7 heteroatoms. The first-order valence-electron chi connectivity index (χ1n) is 5.85.